The Hall–Kier alpha value is -3.92. The minimum atomic E-state index is -0.528. The molecule has 3 aromatic rings. The second-order valence-corrected chi connectivity index (χ2v) is 10.4. The minimum absolute atomic E-state index is 0.0565. The first-order valence-electron chi connectivity index (χ1n) is 13.6. The van der Waals surface area contributed by atoms with Crippen molar-refractivity contribution in [3.05, 3.63) is 59.7 Å². The van der Waals surface area contributed by atoms with Crippen LogP contribution < -0.4 is 16.4 Å². The van der Waals surface area contributed by atoms with Crippen molar-refractivity contribution in [2.75, 3.05) is 18.8 Å². The van der Waals surface area contributed by atoms with Crippen molar-refractivity contribution in [3.8, 4) is 0 Å². The van der Waals surface area contributed by atoms with Gasteiger partial charge in [-0.05, 0) is 48.4 Å². The molecular weight excluding hydrogens is 498 g/mol. The number of amides is 2. The van der Waals surface area contributed by atoms with E-state index in [9.17, 15) is 14.4 Å². The Morgan fingerprint density at radius 3 is 2.59 bits per heavy atom. The topological polar surface area (TPSA) is 140 Å². The fourth-order valence-electron chi connectivity index (χ4n) is 5.43. The normalized spacial score (nSPS) is 18.4. The lowest BCUT2D eigenvalue weighted by atomic mass is 9.82. The summed E-state index contributed by atoms with van der Waals surface area (Å²) < 4.78 is 10.6. The first-order chi connectivity index (χ1) is 19.0. The molecule has 1 aliphatic carbocycles. The summed E-state index contributed by atoms with van der Waals surface area (Å²) in [5, 5.41) is 10.6. The van der Waals surface area contributed by atoms with Gasteiger partial charge in [0.15, 0.2) is 11.4 Å². The summed E-state index contributed by atoms with van der Waals surface area (Å²) >= 11 is 0. The van der Waals surface area contributed by atoms with Gasteiger partial charge in [-0.1, -0.05) is 60.8 Å². The number of rotatable bonds is 10. The molecule has 2 atom stereocenters. The van der Waals surface area contributed by atoms with Gasteiger partial charge in [0.05, 0.1) is 18.0 Å². The number of ether oxygens (including phenoxy) is 1. The number of likely N-dealkylation sites (tertiary alicyclic amines) is 1. The zero-order valence-electron chi connectivity index (χ0n) is 21.9. The SMILES string of the molecule is Nc1noc2cc(CNC(=O)[C@@H]3CCN3C(=O)C(NCC(=O)OCc3ccccc3)C3CCCCC3)ccc12. The fraction of sp³-hybridized carbons (Fsp3) is 0.448. The quantitative estimate of drug-likeness (QED) is 0.338. The Balaban J connectivity index is 1.17. The molecule has 0 radical (unpaired) electrons. The van der Waals surface area contributed by atoms with Gasteiger partial charge in [0.2, 0.25) is 11.8 Å². The number of carbonyl (C=O) groups is 3. The first-order valence-corrected chi connectivity index (χ1v) is 13.6. The molecule has 5 rings (SSSR count). The van der Waals surface area contributed by atoms with Gasteiger partial charge in [-0.3, -0.25) is 19.7 Å². The Bertz CT molecular complexity index is 1300. The van der Waals surface area contributed by atoms with Gasteiger partial charge >= 0.3 is 5.97 Å². The van der Waals surface area contributed by atoms with Crippen molar-refractivity contribution in [2.45, 2.75) is 63.8 Å². The third-order valence-electron chi connectivity index (χ3n) is 7.73. The number of aromatic nitrogens is 1. The zero-order valence-corrected chi connectivity index (χ0v) is 21.9. The number of nitrogens with zero attached hydrogens (tertiary/aromatic N) is 2. The first kappa shape index (κ1) is 26.7. The highest BCUT2D eigenvalue weighted by atomic mass is 16.5. The van der Waals surface area contributed by atoms with Crippen LogP contribution in [0.2, 0.25) is 0 Å². The molecule has 1 unspecified atom stereocenters. The Labute approximate surface area is 227 Å². The van der Waals surface area contributed by atoms with E-state index in [0.717, 1.165) is 48.6 Å². The summed E-state index contributed by atoms with van der Waals surface area (Å²) in [5.74, 6) is -0.275. The van der Waals surface area contributed by atoms with E-state index in [1.54, 1.807) is 11.0 Å². The maximum atomic E-state index is 13.7. The molecule has 2 aliphatic rings. The van der Waals surface area contributed by atoms with E-state index >= 15 is 0 Å². The number of nitrogen functional groups attached to an aromatic ring is 1. The van der Waals surface area contributed by atoms with Crippen molar-refractivity contribution < 1.29 is 23.6 Å². The fourth-order valence-corrected chi connectivity index (χ4v) is 5.43. The van der Waals surface area contributed by atoms with Crippen LogP contribution in [0.1, 0.15) is 49.7 Å². The van der Waals surface area contributed by atoms with Crippen LogP contribution in [-0.2, 0) is 32.3 Å². The van der Waals surface area contributed by atoms with Gasteiger partial charge in [-0.15, -0.1) is 0 Å². The van der Waals surface area contributed by atoms with E-state index in [1.165, 1.54) is 0 Å². The smallest absolute Gasteiger partial charge is 0.320 e. The molecule has 206 valence electrons. The van der Waals surface area contributed by atoms with Crippen molar-refractivity contribution in [1.82, 2.24) is 20.7 Å². The zero-order chi connectivity index (χ0) is 27.2. The number of fused-ring (bicyclic) bond motifs is 1. The van der Waals surface area contributed by atoms with Gasteiger partial charge < -0.3 is 25.2 Å². The Morgan fingerprint density at radius 1 is 1.05 bits per heavy atom. The third-order valence-corrected chi connectivity index (χ3v) is 7.73. The number of anilines is 1. The van der Waals surface area contributed by atoms with E-state index in [2.05, 4.69) is 15.8 Å². The number of hydrogen-bond donors (Lipinski definition) is 3. The van der Waals surface area contributed by atoms with Gasteiger partial charge in [-0.2, -0.15) is 0 Å². The largest absolute Gasteiger partial charge is 0.460 e. The van der Waals surface area contributed by atoms with Gasteiger partial charge in [0, 0.05) is 13.1 Å². The molecule has 4 N–H and O–H groups in total. The number of carbonyl (C=O) groups excluding carboxylic acids is 3. The summed E-state index contributed by atoms with van der Waals surface area (Å²) in [4.78, 5) is 40.8. The minimum Gasteiger partial charge on any atom is -0.460 e. The average Bonchev–Trinajstić information content (AvgIpc) is 3.31. The van der Waals surface area contributed by atoms with Crippen molar-refractivity contribution >= 4 is 34.6 Å². The molecule has 1 saturated carbocycles. The highest BCUT2D eigenvalue weighted by Gasteiger charge is 2.42. The van der Waals surface area contributed by atoms with Crippen molar-refractivity contribution in [2.24, 2.45) is 5.92 Å². The molecule has 1 aromatic heterocycles. The van der Waals surface area contributed by atoms with Crippen LogP contribution in [0.15, 0.2) is 53.1 Å². The maximum Gasteiger partial charge on any atom is 0.320 e. The number of benzene rings is 2. The van der Waals surface area contributed by atoms with Crippen molar-refractivity contribution in [1.29, 1.82) is 0 Å². The standard InChI is InChI=1S/C29H35N5O5/c30-27-22-12-11-20(15-24(22)39-33-27)16-32-28(36)23-13-14-34(23)29(37)26(21-9-5-2-6-10-21)31-17-25(35)38-18-19-7-3-1-4-8-19/h1,3-4,7-8,11-12,15,21,23,26,31H,2,5-6,9-10,13-14,16-18H2,(H2,30,33)(H,32,36)/t23-,26?/m0/s1. The molecule has 0 spiro atoms. The average molecular weight is 534 g/mol. The molecule has 1 aliphatic heterocycles. The van der Waals surface area contributed by atoms with Crippen LogP contribution >= 0.6 is 0 Å². The number of nitrogens with two attached hydrogens (primary N) is 1. The highest BCUT2D eigenvalue weighted by Crippen LogP contribution is 2.30. The molecule has 39 heavy (non-hydrogen) atoms. The van der Waals surface area contributed by atoms with Crippen LogP contribution in [0, 0.1) is 5.92 Å². The molecule has 2 aromatic carbocycles. The predicted molar refractivity (Wildman–Crippen MR) is 145 cm³/mol. The van der Waals surface area contributed by atoms with E-state index in [4.69, 9.17) is 15.0 Å². The summed E-state index contributed by atoms with van der Waals surface area (Å²) in [6.07, 6.45) is 5.70. The predicted octanol–water partition coefficient (Wildman–Crippen LogP) is 2.91. The maximum absolute atomic E-state index is 13.7. The van der Waals surface area contributed by atoms with Gasteiger partial charge in [0.25, 0.3) is 0 Å². The number of nitrogens with one attached hydrogen (secondary N) is 2. The molecule has 2 amide bonds. The summed E-state index contributed by atoms with van der Waals surface area (Å²) in [6.45, 7) is 0.947. The number of hydrogen-bond acceptors (Lipinski definition) is 8. The summed E-state index contributed by atoms with van der Waals surface area (Å²) in [6, 6.07) is 13.9. The summed E-state index contributed by atoms with van der Waals surface area (Å²) in [5.41, 5.74) is 8.08. The Kier molecular flexibility index (Phi) is 8.41. The van der Waals surface area contributed by atoms with E-state index in [-0.39, 0.29) is 30.9 Å². The molecule has 0 bridgehead atoms. The second kappa shape index (κ2) is 12.3. The van der Waals surface area contributed by atoms with Crippen molar-refractivity contribution in [3.63, 3.8) is 0 Å². The van der Waals surface area contributed by atoms with Crippen LogP contribution in [-0.4, -0.2) is 53.0 Å². The third kappa shape index (κ3) is 6.39. The lowest BCUT2D eigenvalue weighted by Crippen LogP contribution is -2.63. The van der Waals surface area contributed by atoms with E-state index in [0.29, 0.717) is 30.9 Å². The van der Waals surface area contributed by atoms with E-state index in [1.807, 2.05) is 42.5 Å². The lowest BCUT2D eigenvalue weighted by molar-refractivity contribution is -0.151. The number of esters is 1. The molecule has 1 saturated heterocycles. The van der Waals surface area contributed by atoms with E-state index < -0.39 is 18.1 Å². The second-order valence-electron chi connectivity index (χ2n) is 10.4. The molecule has 2 heterocycles. The monoisotopic (exact) mass is 533 g/mol. The lowest BCUT2D eigenvalue weighted by Gasteiger charge is -2.43. The molecule has 10 nitrogen and oxygen atoms in total. The summed E-state index contributed by atoms with van der Waals surface area (Å²) in [7, 11) is 0. The highest BCUT2D eigenvalue weighted by molar-refractivity contribution is 5.92. The van der Waals surface area contributed by atoms with Gasteiger partial charge in [0.1, 0.15) is 12.6 Å². The Morgan fingerprint density at radius 2 is 1.85 bits per heavy atom. The van der Waals surface area contributed by atoms with Crippen LogP contribution in [0.5, 0.6) is 0 Å². The molecular formula is C29H35N5O5. The van der Waals surface area contributed by atoms with Gasteiger partial charge in [-0.25, -0.2) is 0 Å². The van der Waals surface area contributed by atoms with Crippen LogP contribution in [0.25, 0.3) is 11.0 Å². The molecule has 2 fully saturated rings. The van der Waals surface area contributed by atoms with Crippen LogP contribution in [0.3, 0.4) is 0 Å². The molecule has 10 heteroatoms. The van der Waals surface area contributed by atoms with Crippen LogP contribution in [0.4, 0.5) is 5.82 Å².